The van der Waals surface area contributed by atoms with Gasteiger partial charge in [-0.25, -0.2) is 4.98 Å². The van der Waals surface area contributed by atoms with Crippen molar-refractivity contribution in [3.63, 3.8) is 0 Å². The van der Waals surface area contributed by atoms with Crippen molar-refractivity contribution in [3.05, 3.63) is 99.1 Å². The topological polar surface area (TPSA) is 114 Å². The Morgan fingerprint density at radius 1 is 1.12 bits per heavy atom. The number of aryl methyl sites for hydroxylation is 1. The summed E-state index contributed by atoms with van der Waals surface area (Å²) in [6, 6.07) is 17.2. The van der Waals surface area contributed by atoms with Crippen LogP contribution in [0.2, 0.25) is 0 Å². The van der Waals surface area contributed by atoms with Crippen LogP contribution in [0.15, 0.2) is 60.8 Å². The van der Waals surface area contributed by atoms with Crippen LogP contribution in [0.25, 0.3) is 11.0 Å². The van der Waals surface area contributed by atoms with Gasteiger partial charge in [0.25, 0.3) is 5.69 Å². The fourth-order valence-electron chi connectivity index (χ4n) is 4.78. The molecule has 1 unspecified atom stereocenters. The van der Waals surface area contributed by atoms with E-state index in [0.29, 0.717) is 13.1 Å². The van der Waals surface area contributed by atoms with Crippen molar-refractivity contribution < 1.29 is 4.92 Å². The molecule has 2 heterocycles. The number of rotatable bonds is 7. The zero-order valence-corrected chi connectivity index (χ0v) is 18.3. The maximum absolute atomic E-state index is 11.2. The van der Waals surface area contributed by atoms with Crippen molar-refractivity contribution in [3.8, 4) is 0 Å². The number of benzene rings is 2. The molecule has 0 aliphatic heterocycles. The second-order valence-electron chi connectivity index (χ2n) is 8.48. The van der Waals surface area contributed by atoms with Crippen LogP contribution in [0, 0.1) is 10.1 Å². The number of hydrogen-bond acceptors (Lipinski definition) is 6. The normalized spacial score (nSPS) is 15.6. The molecule has 2 aromatic carbocycles. The molecule has 0 saturated carbocycles. The van der Waals surface area contributed by atoms with Crippen molar-refractivity contribution >= 4 is 16.7 Å². The molecule has 3 N–H and O–H groups in total. The highest BCUT2D eigenvalue weighted by Crippen LogP contribution is 2.35. The molecule has 33 heavy (non-hydrogen) atoms. The van der Waals surface area contributed by atoms with Gasteiger partial charge in [0, 0.05) is 31.4 Å². The summed E-state index contributed by atoms with van der Waals surface area (Å²) in [5.74, 6) is 0.885. The molecule has 0 spiro atoms. The molecule has 8 nitrogen and oxygen atoms in total. The molecule has 2 aromatic heterocycles. The maximum Gasteiger partial charge on any atom is 0.269 e. The monoisotopic (exact) mass is 442 g/mol. The first-order valence-electron chi connectivity index (χ1n) is 11.2. The molecular formula is C25H26N6O2. The van der Waals surface area contributed by atoms with E-state index >= 15 is 0 Å². The lowest BCUT2D eigenvalue weighted by atomic mass is 9.90. The Hall–Kier alpha value is -3.62. The summed E-state index contributed by atoms with van der Waals surface area (Å²) in [6.07, 6.45) is 4.97. The molecule has 0 radical (unpaired) electrons. The summed E-state index contributed by atoms with van der Waals surface area (Å²) in [5, 5.41) is 11.2. The molecule has 0 saturated heterocycles. The standard InChI is InChI=1S/C25H26N6O2/c26-14-19-13-20(31(32)33)11-10-18(19)15-30(16-24-28-21-7-1-2-8-22(21)29-24)23-9-3-5-17-6-4-12-27-25(17)23/h1-2,4,6-8,10-13,23H,3,5,9,14-16,26H2,(H,28,29). The number of aromatic nitrogens is 3. The van der Waals surface area contributed by atoms with Gasteiger partial charge in [-0.1, -0.05) is 24.3 Å². The molecule has 0 fully saturated rings. The fraction of sp³-hybridized carbons (Fsp3) is 0.280. The first-order chi connectivity index (χ1) is 16.1. The quantitative estimate of drug-likeness (QED) is 0.324. The minimum Gasteiger partial charge on any atom is -0.341 e. The van der Waals surface area contributed by atoms with E-state index in [-0.39, 0.29) is 23.2 Å². The van der Waals surface area contributed by atoms with E-state index in [1.807, 2.05) is 42.6 Å². The number of imidazole rings is 1. The number of pyridine rings is 1. The lowest BCUT2D eigenvalue weighted by Crippen LogP contribution is -2.32. The number of non-ortho nitro benzene ring substituents is 1. The Kier molecular flexibility index (Phi) is 5.85. The van der Waals surface area contributed by atoms with E-state index < -0.39 is 0 Å². The van der Waals surface area contributed by atoms with Gasteiger partial charge in [-0.3, -0.25) is 20.0 Å². The number of aromatic amines is 1. The summed E-state index contributed by atoms with van der Waals surface area (Å²) in [5.41, 5.74) is 12.2. The van der Waals surface area contributed by atoms with Gasteiger partial charge in [-0.2, -0.15) is 0 Å². The zero-order valence-electron chi connectivity index (χ0n) is 18.3. The molecule has 0 bridgehead atoms. The molecule has 1 aliphatic rings. The molecule has 4 aromatic rings. The average Bonchev–Trinajstić information content (AvgIpc) is 3.26. The number of nitro benzene ring substituents is 1. The van der Waals surface area contributed by atoms with Gasteiger partial charge in [-0.05, 0) is 54.2 Å². The molecule has 1 aliphatic carbocycles. The van der Waals surface area contributed by atoms with Crippen molar-refractivity contribution in [2.24, 2.45) is 5.73 Å². The molecule has 5 rings (SSSR count). The Balaban J connectivity index is 1.52. The highest BCUT2D eigenvalue weighted by molar-refractivity contribution is 5.74. The van der Waals surface area contributed by atoms with Crippen LogP contribution in [-0.2, 0) is 26.1 Å². The van der Waals surface area contributed by atoms with Gasteiger partial charge in [0.1, 0.15) is 5.82 Å². The third kappa shape index (κ3) is 4.35. The number of para-hydroxylation sites is 2. The molecule has 168 valence electrons. The molecule has 0 amide bonds. The minimum absolute atomic E-state index is 0.0627. The van der Waals surface area contributed by atoms with E-state index in [1.54, 1.807) is 12.1 Å². The van der Waals surface area contributed by atoms with Crippen LogP contribution in [0.1, 0.15) is 47.1 Å². The Morgan fingerprint density at radius 2 is 2.00 bits per heavy atom. The predicted octanol–water partition coefficient (Wildman–Crippen LogP) is 4.40. The largest absolute Gasteiger partial charge is 0.341 e. The lowest BCUT2D eigenvalue weighted by Gasteiger charge is -2.35. The minimum atomic E-state index is -0.379. The molecule has 8 heteroatoms. The highest BCUT2D eigenvalue weighted by atomic mass is 16.6. The first kappa shape index (κ1) is 21.2. The average molecular weight is 443 g/mol. The van der Waals surface area contributed by atoms with Crippen LogP contribution in [-0.4, -0.2) is 24.8 Å². The summed E-state index contributed by atoms with van der Waals surface area (Å²) >= 11 is 0. The van der Waals surface area contributed by atoms with Gasteiger partial charge in [0.05, 0.1) is 34.2 Å². The third-order valence-corrected chi connectivity index (χ3v) is 6.39. The Morgan fingerprint density at radius 3 is 2.82 bits per heavy atom. The number of nitrogens with two attached hydrogens (primary N) is 1. The summed E-state index contributed by atoms with van der Waals surface area (Å²) in [6.45, 7) is 1.45. The number of nitrogens with zero attached hydrogens (tertiary/aromatic N) is 4. The van der Waals surface area contributed by atoms with E-state index in [1.165, 1.54) is 5.56 Å². The van der Waals surface area contributed by atoms with E-state index in [9.17, 15) is 10.1 Å². The number of H-pyrrole nitrogens is 1. The zero-order chi connectivity index (χ0) is 22.8. The van der Waals surface area contributed by atoms with Crippen LogP contribution >= 0.6 is 0 Å². The van der Waals surface area contributed by atoms with E-state index in [2.05, 4.69) is 16.0 Å². The maximum atomic E-state index is 11.2. The van der Waals surface area contributed by atoms with E-state index in [0.717, 1.165) is 52.9 Å². The van der Waals surface area contributed by atoms with Gasteiger partial charge in [0.15, 0.2) is 0 Å². The number of nitrogens with one attached hydrogen (secondary N) is 1. The van der Waals surface area contributed by atoms with Crippen LogP contribution < -0.4 is 5.73 Å². The van der Waals surface area contributed by atoms with E-state index in [4.69, 9.17) is 15.7 Å². The van der Waals surface area contributed by atoms with Crippen LogP contribution in [0.4, 0.5) is 5.69 Å². The molecular weight excluding hydrogens is 416 g/mol. The fourth-order valence-corrected chi connectivity index (χ4v) is 4.78. The van der Waals surface area contributed by atoms with Gasteiger partial charge >= 0.3 is 0 Å². The lowest BCUT2D eigenvalue weighted by molar-refractivity contribution is -0.384. The van der Waals surface area contributed by atoms with Gasteiger partial charge in [-0.15, -0.1) is 0 Å². The van der Waals surface area contributed by atoms with Crippen molar-refractivity contribution in [1.82, 2.24) is 19.9 Å². The predicted molar refractivity (Wildman–Crippen MR) is 126 cm³/mol. The number of fused-ring (bicyclic) bond motifs is 2. The number of hydrogen-bond donors (Lipinski definition) is 2. The van der Waals surface area contributed by atoms with Crippen molar-refractivity contribution in [1.29, 1.82) is 0 Å². The summed E-state index contributed by atoms with van der Waals surface area (Å²) < 4.78 is 0. The Labute approximate surface area is 191 Å². The van der Waals surface area contributed by atoms with Crippen molar-refractivity contribution in [2.75, 3.05) is 0 Å². The van der Waals surface area contributed by atoms with Gasteiger partial charge in [0.2, 0.25) is 0 Å². The third-order valence-electron chi connectivity index (χ3n) is 6.39. The first-order valence-corrected chi connectivity index (χ1v) is 11.2. The van der Waals surface area contributed by atoms with Crippen LogP contribution in [0.5, 0.6) is 0 Å². The highest BCUT2D eigenvalue weighted by Gasteiger charge is 2.28. The molecule has 1 atom stereocenters. The smallest absolute Gasteiger partial charge is 0.269 e. The second kappa shape index (κ2) is 9.09. The van der Waals surface area contributed by atoms with Crippen molar-refractivity contribution in [2.45, 2.75) is 44.9 Å². The Bertz CT molecular complexity index is 1270. The summed E-state index contributed by atoms with van der Waals surface area (Å²) in [7, 11) is 0. The second-order valence-corrected chi connectivity index (χ2v) is 8.48. The number of nitro groups is 1. The van der Waals surface area contributed by atoms with Crippen LogP contribution in [0.3, 0.4) is 0 Å². The SMILES string of the molecule is NCc1cc([N+](=O)[O-])ccc1CN(Cc1nc2ccccc2[nH]1)C1CCCc2cccnc21. The summed E-state index contributed by atoms with van der Waals surface area (Å²) in [4.78, 5) is 26.2. The van der Waals surface area contributed by atoms with Gasteiger partial charge < -0.3 is 10.7 Å².